The van der Waals surface area contributed by atoms with Crippen molar-refractivity contribution in [1.82, 2.24) is 4.90 Å². The highest BCUT2D eigenvalue weighted by atomic mass is 16.5. The summed E-state index contributed by atoms with van der Waals surface area (Å²) in [6.07, 6.45) is 1.31. The zero-order valence-corrected chi connectivity index (χ0v) is 13.7. The molecule has 0 amide bonds. The summed E-state index contributed by atoms with van der Waals surface area (Å²) in [6, 6.07) is 10.5. The second-order valence-corrected chi connectivity index (χ2v) is 6.40. The van der Waals surface area contributed by atoms with Crippen molar-refractivity contribution in [2.75, 3.05) is 44.2 Å². The van der Waals surface area contributed by atoms with E-state index in [2.05, 4.69) is 40.6 Å². The molecule has 4 nitrogen and oxygen atoms in total. The molecule has 1 saturated heterocycles. The van der Waals surface area contributed by atoms with E-state index in [1.165, 1.54) is 5.69 Å². The molecule has 1 aliphatic heterocycles. The van der Waals surface area contributed by atoms with Crippen molar-refractivity contribution in [2.45, 2.75) is 25.6 Å². The molecule has 4 heteroatoms. The van der Waals surface area contributed by atoms with Crippen LogP contribution in [-0.2, 0) is 4.74 Å². The van der Waals surface area contributed by atoms with Gasteiger partial charge in [0.2, 0.25) is 0 Å². The lowest BCUT2D eigenvalue weighted by molar-refractivity contribution is -0.0420. The first kappa shape index (κ1) is 17.0. The van der Waals surface area contributed by atoms with Crippen LogP contribution in [0.5, 0.6) is 0 Å². The van der Waals surface area contributed by atoms with Crippen LogP contribution in [0.15, 0.2) is 43.0 Å². The highest BCUT2D eigenvalue weighted by Gasteiger charge is 2.21. The predicted octanol–water partition coefficient (Wildman–Crippen LogP) is 2.15. The molecule has 1 fully saturated rings. The van der Waals surface area contributed by atoms with E-state index < -0.39 is 6.10 Å². The number of anilines is 1. The number of rotatable bonds is 7. The van der Waals surface area contributed by atoms with Crippen molar-refractivity contribution >= 4 is 5.69 Å². The minimum atomic E-state index is -0.456. The van der Waals surface area contributed by atoms with Crippen LogP contribution in [0.25, 0.3) is 0 Å². The minimum Gasteiger partial charge on any atom is -0.389 e. The molecule has 122 valence electrons. The average molecular weight is 304 g/mol. The van der Waals surface area contributed by atoms with E-state index >= 15 is 0 Å². The van der Waals surface area contributed by atoms with Crippen molar-refractivity contribution in [3.63, 3.8) is 0 Å². The second kappa shape index (κ2) is 7.77. The van der Waals surface area contributed by atoms with Crippen LogP contribution < -0.4 is 4.90 Å². The number of hydrogen-bond acceptors (Lipinski definition) is 4. The van der Waals surface area contributed by atoms with Gasteiger partial charge in [0, 0.05) is 38.4 Å². The van der Waals surface area contributed by atoms with Crippen molar-refractivity contribution in [3.8, 4) is 0 Å². The van der Waals surface area contributed by atoms with Crippen molar-refractivity contribution in [3.05, 3.63) is 43.0 Å². The third-order valence-corrected chi connectivity index (χ3v) is 4.10. The maximum atomic E-state index is 10.1. The zero-order valence-electron chi connectivity index (χ0n) is 13.7. The number of para-hydroxylation sites is 1. The zero-order chi connectivity index (χ0) is 16.0. The molecule has 0 spiro atoms. The maximum Gasteiger partial charge on any atom is 0.0900 e. The monoisotopic (exact) mass is 304 g/mol. The molecule has 1 atom stereocenters. The van der Waals surface area contributed by atoms with Crippen LogP contribution in [0.2, 0.25) is 0 Å². The van der Waals surface area contributed by atoms with Gasteiger partial charge in [0.05, 0.1) is 18.3 Å². The largest absolute Gasteiger partial charge is 0.389 e. The number of aliphatic hydroxyl groups is 1. The summed E-state index contributed by atoms with van der Waals surface area (Å²) in [7, 11) is 0. The number of hydrogen-bond donors (Lipinski definition) is 1. The van der Waals surface area contributed by atoms with Crippen LogP contribution in [0.4, 0.5) is 5.69 Å². The van der Waals surface area contributed by atoms with Crippen LogP contribution in [0.3, 0.4) is 0 Å². The fourth-order valence-corrected chi connectivity index (χ4v) is 2.55. The van der Waals surface area contributed by atoms with Crippen LogP contribution in [0.1, 0.15) is 13.8 Å². The molecule has 2 rings (SSSR count). The third-order valence-electron chi connectivity index (χ3n) is 4.10. The summed E-state index contributed by atoms with van der Waals surface area (Å²) in [4.78, 5) is 4.69. The predicted molar refractivity (Wildman–Crippen MR) is 91.3 cm³/mol. The number of benzene rings is 1. The molecule has 1 aromatic carbocycles. The number of β-amino-alcohol motifs (C(OH)–C–C–N with tert-alkyl or cyclic N) is 1. The topological polar surface area (TPSA) is 35.9 Å². The quantitative estimate of drug-likeness (QED) is 0.783. The van der Waals surface area contributed by atoms with Gasteiger partial charge < -0.3 is 14.7 Å². The van der Waals surface area contributed by atoms with E-state index in [0.717, 1.165) is 26.2 Å². The summed E-state index contributed by atoms with van der Waals surface area (Å²) in [5.41, 5.74) is 0.895. The van der Waals surface area contributed by atoms with Crippen molar-refractivity contribution in [1.29, 1.82) is 0 Å². The molecule has 0 aliphatic carbocycles. The van der Waals surface area contributed by atoms with Gasteiger partial charge in [-0.2, -0.15) is 0 Å². The van der Waals surface area contributed by atoms with Gasteiger partial charge in [-0.1, -0.05) is 24.3 Å². The SMILES string of the molecule is C=CC(C)(C)OC[C@H](O)CN1CCN(c2ccccc2)CC1. The Morgan fingerprint density at radius 3 is 2.45 bits per heavy atom. The van der Waals surface area contributed by atoms with Crippen molar-refractivity contribution < 1.29 is 9.84 Å². The third kappa shape index (κ3) is 5.13. The van der Waals surface area contributed by atoms with Gasteiger partial charge in [-0.25, -0.2) is 0 Å². The first-order chi connectivity index (χ1) is 10.5. The van der Waals surface area contributed by atoms with E-state index in [4.69, 9.17) is 4.74 Å². The lowest BCUT2D eigenvalue weighted by atomic mass is 10.1. The van der Waals surface area contributed by atoms with Gasteiger partial charge in [-0.3, -0.25) is 4.90 Å². The first-order valence-electron chi connectivity index (χ1n) is 7.98. The van der Waals surface area contributed by atoms with Gasteiger partial charge in [-0.05, 0) is 26.0 Å². The fraction of sp³-hybridized carbons (Fsp3) is 0.556. The summed E-state index contributed by atoms with van der Waals surface area (Å²) in [6.45, 7) is 12.6. The Kier molecular flexibility index (Phi) is 6.00. The maximum absolute atomic E-state index is 10.1. The number of piperazine rings is 1. The highest BCUT2D eigenvalue weighted by Crippen LogP contribution is 2.16. The molecule has 1 aromatic rings. The fourth-order valence-electron chi connectivity index (χ4n) is 2.55. The lowest BCUT2D eigenvalue weighted by Crippen LogP contribution is -2.49. The van der Waals surface area contributed by atoms with E-state index in [1.54, 1.807) is 6.08 Å². The Morgan fingerprint density at radius 2 is 1.86 bits per heavy atom. The molecule has 1 heterocycles. The Bertz CT molecular complexity index is 453. The van der Waals surface area contributed by atoms with E-state index in [1.807, 2.05) is 19.9 Å². The van der Waals surface area contributed by atoms with E-state index in [9.17, 15) is 5.11 Å². The normalized spacial score (nSPS) is 18.2. The molecule has 22 heavy (non-hydrogen) atoms. The Labute approximate surface area is 134 Å². The minimum absolute atomic E-state index is 0.345. The standard InChI is InChI=1S/C18H28N2O2/c1-4-18(2,3)22-15-17(21)14-19-10-12-20(13-11-19)16-8-6-5-7-9-16/h4-9,17,21H,1,10-15H2,2-3H3/t17-/m1/s1. The van der Waals surface area contributed by atoms with Crippen molar-refractivity contribution in [2.24, 2.45) is 0 Å². The van der Waals surface area contributed by atoms with Gasteiger partial charge in [-0.15, -0.1) is 6.58 Å². The summed E-state index contributed by atoms with van der Waals surface area (Å²) in [5, 5.41) is 10.1. The van der Waals surface area contributed by atoms with Crippen LogP contribution in [-0.4, -0.2) is 61.0 Å². The summed E-state index contributed by atoms with van der Waals surface area (Å²) < 4.78 is 5.67. The Morgan fingerprint density at radius 1 is 1.23 bits per heavy atom. The van der Waals surface area contributed by atoms with E-state index in [0.29, 0.717) is 13.2 Å². The van der Waals surface area contributed by atoms with E-state index in [-0.39, 0.29) is 5.60 Å². The van der Waals surface area contributed by atoms with Gasteiger partial charge in [0.15, 0.2) is 0 Å². The number of aliphatic hydroxyl groups excluding tert-OH is 1. The highest BCUT2D eigenvalue weighted by molar-refractivity contribution is 5.46. The number of ether oxygens (including phenoxy) is 1. The molecular formula is C18H28N2O2. The molecule has 0 bridgehead atoms. The van der Waals surface area contributed by atoms with Gasteiger partial charge >= 0.3 is 0 Å². The van der Waals surface area contributed by atoms with Gasteiger partial charge in [0.1, 0.15) is 0 Å². The summed E-state index contributed by atoms with van der Waals surface area (Å²) >= 11 is 0. The van der Waals surface area contributed by atoms with Gasteiger partial charge in [0.25, 0.3) is 0 Å². The molecular weight excluding hydrogens is 276 g/mol. The Hall–Kier alpha value is -1.36. The lowest BCUT2D eigenvalue weighted by Gasteiger charge is -2.37. The number of nitrogens with zero attached hydrogens (tertiary/aromatic N) is 2. The van der Waals surface area contributed by atoms with Crippen LogP contribution in [0, 0.1) is 0 Å². The molecule has 1 aliphatic rings. The molecule has 0 radical (unpaired) electrons. The second-order valence-electron chi connectivity index (χ2n) is 6.40. The smallest absolute Gasteiger partial charge is 0.0900 e. The van der Waals surface area contributed by atoms with Crippen LogP contribution >= 0.6 is 0 Å². The summed E-state index contributed by atoms with van der Waals surface area (Å²) in [5.74, 6) is 0. The molecule has 0 aromatic heterocycles. The molecule has 1 N–H and O–H groups in total. The Balaban J connectivity index is 1.72. The molecule has 0 saturated carbocycles. The average Bonchev–Trinajstić information content (AvgIpc) is 2.55. The first-order valence-corrected chi connectivity index (χ1v) is 7.98. The molecule has 0 unspecified atom stereocenters.